The molecule has 2 aliphatic heterocycles. The van der Waals surface area contributed by atoms with E-state index in [-0.39, 0.29) is 47.6 Å². The lowest BCUT2D eigenvalue weighted by atomic mass is 9.85. The van der Waals surface area contributed by atoms with E-state index >= 15 is 17.6 Å². The standard InChI is InChI=1S/C30H37BrF2N4O7.C29H35BrF2N4O7/c1-29(2,3)24(36-28(41)44-22-12-7-11-21(22)38)26(39)37-16-17(15-20(37)27(40)42-4)43-25-23(30(32,33)13-8-14-31)34-18-9-5-6-10-19(18)35-25;1-28(2,3)23(35-27(41)43-21-11-6-10-20(21)37)25(38)36-15-16(14-19(36)26(39)40)42-24-22(29(31,32)12-7-13-30)33-17-8-4-5-9-18(17)34-24/h5-6,8-10,13,17,20-22,24,38H,7,11-12,14-16H2,1-4H3,(H,36,41);4-5,7-9,12,16,19-21,23,37H,6,10-11,13-15H2,1-3H3,(H,35,41)(H,39,40)/b13-8+;12-7+/t17-,20+,21-,22-,24-;16-,19+,20-,21-,23-/m11/s1. The van der Waals surface area contributed by atoms with Crippen molar-refractivity contribution in [2.75, 3.05) is 30.9 Å². The van der Waals surface area contributed by atoms with Crippen LogP contribution >= 0.6 is 31.9 Å². The molecule has 87 heavy (non-hydrogen) atoms. The van der Waals surface area contributed by atoms with Crippen molar-refractivity contribution in [1.29, 1.82) is 0 Å². The smallest absolute Gasteiger partial charge is 0.408 e. The number of amides is 4. The van der Waals surface area contributed by atoms with Gasteiger partial charge in [0.25, 0.3) is 0 Å². The highest BCUT2D eigenvalue weighted by Crippen LogP contribution is 2.40. The Kier molecular flexibility index (Phi) is 22.3. The number of hydrogen-bond donors (Lipinski definition) is 5. The molecular weight excluding hydrogens is 1280 g/mol. The number of aliphatic hydroxyl groups excluding tert-OH is 2. The molecule has 0 unspecified atom stereocenters. The summed E-state index contributed by atoms with van der Waals surface area (Å²) in [5, 5.41) is 35.5. The number of nitrogens with one attached hydrogen (secondary N) is 2. The molecule has 0 bridgehead atoms. The number of nitrogens with zero attached hydrogens (tertiary/aromatic N) is 6. The van der Waals surface area contributed by atoms with Crippen LogP contribution < -0.4 is 20.1 Å². The van der Waals surface area contributed by atoms with Gasteiger partial charge in [0.2, 0.25) is 23.6 Å². The number of likely N-dealkylation sites (tertiary alicyclic amines) is 2. The number of benzene rings is 2. The van der Waals surface area contributed by atoms with Crippen LogP contribution in [-0.2, 0) is 45.2 Å². The first-order valence-electron chi connectivity index (χ1n) is 28.3. The van der Waals surface area contributed by atoms with E-state index < -0.39 is 143 Å². The molecule has 0 radical (unpaired) electrons. The number of carbonyl (C=O) groups is 6. The van der Waals surface area contributed by atoms with Crippen LogP contribution in [0.5, 0.6) is 11.8 Å². The van der Waals surface area contributed by atoms with Gasteiger partial charge in [0.15, 0.2) is 11.4 Å². The topological polar surface area (TPSA) is 291 Å². The van der Waals surface area contributed by atoms with E-state index in [1.165, 1.54) is 30.2 Å². The number of carbonyl (C=O) groups excluding carboxylic acids is 5. The Balaban J connectivity index is 0.000000249. The molecule has 474 valence electrons. The average molecular weight is 1350 g/mol. The third-order valence-corrected chi connectivity index (χ3v) is 15.8. The zero-order chi connectivity index (χ0) is 63.8. The van der Waals surface area contributed by atoms with E-state index in [0.29, 0.717) is 61.7 Å². The van der Waals surface area contributed by atoms with Crippen molar-refractivity contribution in [2.45, 2.75) is 166 Å². The molecule has 4 heterocycles. The van der Waals surface area contributed by atoms with Crippen molar-refractivity contribution >= 4 is 89.9 Å². The molecule has 4 fully saturated rings. The molecule has 28 heteroatoms. The zero-order valence-electron chi connectivity index (χ0n) is 49.0. The van der Waals surface area contributed by atoms with Gasteiger partial charge in [0.1, 0.15) is 48.6 Å². The Labute approximate surface area is 516 Å². The Hall–Kier alpha value is -6.78. The van der Waals surface area contributed by atoms with Gasteiger partial charge in [-0.2, -0.15) is 17.6 Å². The monoisotopic (exact) mass is 1350 g/mol. The van der Waals surface area contributed by atoms with Gasteiger partial charge in [0, 0.05) is 23.5 Å². The fourth-order valence-electron chi connectivity index (χ4n) is 10.6. The number of alkyl halides is 6. The highest BCUT2D eigenvalue weighted by Gasteiger charge is 2.50. The molecular formula is C59H72Br2F4N8O14. The Morgan fingerprint density at radius 3 is 1.32 bits per heavy atom. The van der Waals surface area contributed by atoms with Gasteiger partial charge in [-0.25, -0.2) is 39.1 Å². The first kappa shape index (κ1) is 67.7. The molecule has 2 aromatic carbocycles. The second-order valence-corrected chi connectivity index (χ2v) is 25.0. The minimum Gasteiger partial charge on any atom is -0.480 e. The number of halogens is 6. The summed E-state index contributed by atoms with van der Waals surface area (Å²) in [6.45, 7) is 9.83. The van der Waals surface area contributed by atoms with Crippen molar-refractivity contribution in [3.05, 3.63) is 84.2 Å². The van der Waals surface area contributed by atoms with E-state index in [0.717, 1.165) is 4.90 Å². The Morgan fingerprint density at radius 2 is 0.989 bits per heavy atom. The van der Waals surface area contributed by atoms with Crippen molar-refractivity contribution in [3.8, 4) is 11.8 Å². The second-order valence-electron chi connectivity index (χ2n) is 23.7. The van der Waals surface area contributed by atoms with Crippen LogP contribution in [0.4, 0.5) is 27.2 Å². The van der Waals surface area contributed by atoms with Crippen LogP contribution in [0.3, 0.4) is 0 Å². The lowest BCUT2D eigenvalue weighted by molar-refractivity contribution is -0.152. The van der Waals surface area contributed by atoms with Gasteiger partial charge in [-0.05, 0) is 85.8 Å². The van der Waals surface area contributed by atoms with Gasteiger partial charge in [-0.15, -0.1) is 0 Å². The Morgan fingerprint density at radius 1 is 0.621 bits per heavy atom. The number of ether oxygens (including phenoxy) is 5. The fraction of sp³-hybridized carbons (Fsp3) is 0.559. The van der Waals surface area contributed by atoms with Crippen molar-refractivity contribution in [3.63, 3.8) is 0 Å². The van der Waals surface area contributed by atoms with Crippen LogP contribution in [0, 0.1) is 10.8 Å². The molecule has 2 aliphatic carbocycles. The highest BCUT2D eigenvalue weighted by molar-refractivity contribution is 9.09. The number of para-hydroxylation sites is 4. The molecule has 2 saturated heterocycles. The summed E-state index contributed by atoms with van der Waals surface area (Å²) >= 11 is 6.18. The number of hydrogen-bond acceptors (Lipinski definition) is 17. The summed E-state index contributed by atoms with van der Waals surface area (Å²) in [7, 11) is 1.17. The van der Waals surface area contributed by atoms with Crippen LogP contribution in [0.15, 0.2) is 72.8 Å². The summed E-state index contributed by atoms with van der Waals surface area (Å²) in [5.74, 6) is -11.4. The summed E-state index contributed by atoms with van der Waals surface area (Å²) in [6, 6.07) is 8.10. The number of esters is 1. The van der Waals surface area contributed by atoms with Crippen molar-refractivity contribution in [2.24, 2.45) is 10.8 Å². The normalized spacial score (nSPS) is 23.3. The van der Waals surface area contributed by atoms with E-state index in [2.05, 4.69) is 62.4 Å². The van der Waals surface area contributed by atoms with Gasteiger partial charge < -0.3 is 59.4 Å². The van der Waals surface area contributed by atoms with E-state index in [9.17, 15) is 44.1 Å². The molecule has 4 aromatic rings. The van der Waals surface area contributed by atoms with Crippen molar-refractivity contribution < 1.29 is 85.3 Å². The largest absolute Gasteiger partial charge is 0.480 e. The number of aromatic nitrogens is 4. The number of carboxylic acids is 1. The molecule has 10 atom stereocenters. The number of alkyl carbamates (subject to hydrolysis) is 2. The lowest BCUT2D eigenvalue weighted by Crippen LogP contribution is -2.57. The van der Waals surface area contributed by atoms with Crippen LogP contribution in [0.1, 0.15) is 104 Å². The summed E-state index contributed by atoms with van der Waals surface area (Å²) in [4.78, 5) is 97.4. The SMILES string of the molecule is CC(C)(C)[C@H](NC(=O)O[C@@H]1CCC[C@H]1O)C(=O)N1C[C@H](Oc2nc3ccccc3nc2C(F)(F)/C=C/CBr)C[C@H]1C(=O)O.COC(=O)[C@@H]1C[C@@H](Oc2nc3ccccc3nc2C(F)(F)/C=C/CBr)CN1C(=O)[C@@H](NC(=O)O[C@@H]1CCC[C@H]1O)C(C)(C)C. The number of methoxy groups -OCH3 is 1. The Bertz CT molecular complexity index is 3210. The van der Waals surface area contributed by atoms with Crippen LogP contribution in [-0.4, -0.2) is 173 Å². The fourth-order valence-corrected chi connectivity index (χ4v) is 10.9. The zero-order valence-corrected chi connectivity index (χ0v) is 52.1. The quantitative estimate of drug-likeness (QED) is 0.0205. The first-order chi connectivity index (χ1) is 41.0. The third-order valence-electron chi connectivity index (χ3n) is 15.1. The maximum absolute atomic E-state index is 15.3. The summed E-state index contributed by atoms with van der Waals surface area (Å²) < 4.78 is 88.6. The molecule has 2 aromatic heterocycles. The molecule has 22 nitrogen and oxygen atoms in total. The summed E-state index contributed by atoms with van der Waals surface area (Å²) in [6.07, 6.45) is 0.218. The van der Waals surface area contributed by atoms with Gasteiger partial charge in [0.05, 0.1) is 54.5 Å². The maximum Gasteiger partial charge on any atom is 0.408 e. The molecule has 4 amide bonds. The van der Waals surface area contributed by atoms with Crippen LogP contribution in [0.2, 0.25) is 0 Å². The third kappa shape index (κ3) is 16.9. The molecule has 2 saturated carbocycles. The molecule has 4 aliphatic rings. The van der Waals surface area contributed by atoms with Crippen LogP contribution in [0.25, 0.3) is 22.1 Å². The average Bonchev–Trinajstić information content (AvgIpc) is 1.99. The van der Waals surface area contributed by atoms with Gasteiger partial charge in [-0.1, -0.05) is 110 Å². The van der Waals surface area contributed by atoms with Gasteiger partial charge >= 0.3 is 36.0 Å². The van der Waals surface area contributed by atoms with E-state index in [4.69, 9.17) is 23.7 Å². The first-order valence-corrected chi connectivity index (χ1v) is 30.5. The predicted octanol–water partition coefficient (Wildman–Crippen LogP) is 8.41. The number of carboxylic acid groups (broad SMARTS) is 1. The number of fused-ring (bicyclic) bond motifs is 2. The lowest BCUT2D eigenvalue weighted by Gasteiger charge is -2.35. The number of allylic oxidation sites excluding steroid dienone is 4. The second kappa shape index (κ2) is 28.6. The van der Waals surface area contributed by atoms with Crippen molar-refractivity contribution in [1.82, 2.24) is 40.4 Å². The maximum atomic E-state index is 15.3. The summed E-state index contributed by atoms with van der Waals surface area (Å²) in [5.41, 5.74) is -2.06. The highest BCUT2D eigenvalue weighted by atomic mass is 79.9. The molecule has 0 spiro atoms. The predicted molar refractivity (Wildman–Crippen MR) is 314 cm³/mol. The number of aliphatic hydroxyl groups is 2. The molecule has 5 N–H and O–H groups in total. The number of rotatable bonds is 18. The molecule has 8 rings (SSSR count). The minimum atomic E-state index is -3.56. The number of aliphatic carboxylic acids is 1. The van der Waals surface area contributed by atoms with E-state index in [1.54, 1.807) is 84.0 Å². The van der Waals surface area contributed by atoms with Gasteiger partial charge in [-0.3, -0.25) is 9.59 Å². The van der Waals surface area contributed by atoms with E-state index in [1.807, 2.05) is 0 Å². The minimum absolute atomic E-state index is 0.0786.